The number of rotatable bonds is 3. The van der Waals surface area contributed by atoms with Crippen LogP contribution in [0.5, 0.6) is 0 Å². The van der Waals surface area contributed by atoms with Crippen LogP contribution in [0.15, 0.2) is 52.9 Å². The summed E-state index contributed by atoms with van der Waals surface area (Å²) in [7, 11) is 0. The number of benzene rings is 2. The Hall–Kier alpha value is -3.28. The summed E-state index contributed by atoms with van der Waals surface area (Å²) < 4.78 is 5.91. The van der Waals surface area contributed by atoms with Gasteiger partial charge in [-0.1, -0.05) is 29.8 Å². The van der Waals surface area contributed by atoms with Crippen LogP contribution < -0.4 is 4.90 Å². The molecule has 6 nitrogen and oxygen atoms in total. The predicted molar refractivity (Wildman–Crippen MR) is 104 cm³/mol. The van der Waals surface area contributed by atoms with Gasteiger partial charge in [0.25, 0.3) is 5.89 Å². The number of nitrogens with zero attached hydrogens (tertiary/aromatic N) is 5. The second-order valence-electron chi connectivity index (χ2n) is 6.86. The Bertz CT molecular complexity index is 1110. The highest BCUT2D eigenvalue weighted by atomic mass is 16.4. The van der Waals surface area contributed by atoms with Gasteiger partial charge in [0, 0.05) is 24.0 Å². The van der Waals surface area contributed by atoms with Crippen LogP contribution in [-0.2, 0) is 0 Å². The van der Waals surface area contributed by atoms with Crippen molar-refractivity contribution in [3.63, 3.8) is 0 Å². The van der Waals surface area contributed by atoms with Gasteiger partial charge in [0.2, 0.25) is 11.7 Å². The summed E-state index contributed by atoms with van der Waals surface area (Å²) in [6.07, 6.45) is 2.37. The van der Waals surface area contributed by atoms with Gasteiger partial charge < -0.3 is 9.32 Å². The highest BCUT2D eigenvalue weighted by Crippen LogP contribution is 2.30. The molecule has 0 N–H and O–H groups in total. The molecular weight excluding hydrogens is 338 g/mol. The summed E-state index contributed by atoms with van der Waals surface area (Å²) in [6, 6.07) is 16.1. The van der Waals surface area contributed by atoms with E-state index in [1.54, 1.807) is 0 Å². The van der Waals surface area contributed by atoms with Crippen molar-refractivity contribution in [2.75, 3.05) is 18.0 Å². The second kappa shape index (κ2) is 6.46. The van der Waals surface area contributed by atoms with Crippen molar-refractivity contribution in [2.45, 2.75) is 19.8 Å². The summed E-state index contributed by atoms with van der Waals surface area (Å²) in [4.78, 5) is 11.8. The molecule has 27 heavy (non-hydrogen) atoms. The van der Waals surface area contributed by atoms with Gasteiger partial charge in [-0.15, -0.1) is 10.2 Å². The highest BCUT2D eigenvalue weighted by Gasteiger charge is 2.21. The molecule has 0 unspecified atom stereocenters. The molecule has 5 rings (SSSR count). The van der Waals surface area contributed by atoms with Gasteiger partial charge in [-0.3, -0.25) is 0 Å². The minimum absolute atomic E-state index is 0.345. The molecule has 0 saturated carbocycles. The molecule has 4 aromatic rings. The molecule has 3 heterocycles. The molecule has 6 heteroatoms. The maximum absolute atomic E-state index is 5.91. The third kappa shape index (κ3) is 2.93. The topological polar surface area (TPSA) is 67.9 Å². The van der Waals surface area contributed by atoms with Crippen LogP contribution in [0.3, 0.4) is 0 Å². The van der Waals surface area contributed by atoms with Crippen molar-refractivity contribution >= 4 is 16.7 Å². The van der Waals surface area contributed by atoms with E-state index < -0.39 is 0 Å². The summed E-state index contributed by atoms with van der Waals surface area (Å²) in [5.74, 6) is 2.25. The number of aromatic nitrogens is 4. The molecule has 1 aliphatic rings. The monoisotopic (exact) mass is 357 g/mol. The number of hydrogen-bond donors (Lipinski definition) is 0. The molecule has 0 amide bonds. The van der Waals surface area contributed by atoms with E-state index in [4.69, 9.17) is 9.40 Å². The predicted octanol–water partition coefficient (Wildman–Crippen LogP) is 4.26. The van der Waals surface area contributed by atoms with Gasteiger partial charge in [-0.05, 0) is 44.0 Å². The molecule has 0 spiro atoms. The first-order chi connectivity index (χ1) is 13.3. The molecule has 1 saturated heterocycles. The Balaban J connectivity index is 1.61. The fraction of sp³-hybridized carbons (Fsp3) is 0.238. The molecule has 2 aromatic heterocycles. The standard InChI is InChI=1S/C21H19N5O/c1-14-7-6-8-15(13-14)20-24-25-21(27-20)18-22-17-10-3-2-9-16(17)19(23-18)26-11-4-5-12-26/h2-3,6-10,13H,4-5,11-12H2,1H3. The van der Waals surface area contributed by atoms with E-state index in [-0.39, 0.29) is 0 Å². The zero-order valence-electron chi connectivity index (χ0n) is 15.1. The maximum atomic E-state index is 5.91. The average Bonchev–Trinajstić information content (AvgIpc) is 3.39. The smallest absolute Gasteiger partial charge is 0.286 e. The van der Waals surface area contributed by atoms with E-state index in [2.05, 4.69) is 26.1 Å². The molecule has 134 valence electrons. The van der Waals surface area contributed by atoms with Crippen molar-refractivity contribution in [3.05, 3.63) is 54.1 Å². The summed E-state index contributed by atoms with van der Waals surface area (Å²) in [6.45, 7) is 4.06. The second-order valence-corrected chi connectivity index (χ2v) is 6.86. The molecule has 1 aliphatic heterocycles. The van der Waals surface area contributed by atoms with Crippen molar-refractivity contribution in [2.24, 2.45) is 0 Å². The van der Waals surface area contributed by atoms with Gasteiger partial charge in [-0.25, -0.2) is 9.97 Å². The summed E-state index contributed by atoms with van der Waals surface area (Å²) in [5, 5.41) is 9.46. The molecular formula is C21H19N5O. The van der Waals surface area contributed by atoms with Crippen LogP contribution in [0.1, 0.15) is 18.4 Å². The SMILES string of the molecule is Cc1cccc(-c2nnc(-c3nc(N4CCCC4)c4ccccc4n3)o2)c1. The van der Waals surface area contributed by atoms with Gasteiger partial charge >= 0.3 is 0 Å². The maximum Gasteiger partial charge on any atom is 0.286 e. The first-order valence-corrected chi connectivity index (χ1v) is 9.20. The Labute approximate surface area is 156 Å². The van der Waals surface area contributed by atoms with E-state index in [0.29, 0.717) is 17.6 Å². The van der Waals surface area contributed by atoms with E-state index in [1.165, 1.54) is 12.8 Å². The molecule has 0 atom stereocenters. The lowest BCUT2D eigenvalue weighted by molar-refractivity contribution is 0.579. The first-order valence-electron chi connectivity index (χ1n) is 9.20. The number of para-hydroxylation sites is 1. The minimum Gasteiger partial charge on any atom is -0.413 e. The zero-order chi connectivity index (χ0) is 18.2. The van der Waals surface area contributed by atoms with Crippen molar-refractivity contribution < 1.29 is 4.42 Å². The van der Waals surface area contributed by atoms with Gasteiger partial charge in [0.15, 0.2) is 0 Å². The van der Waals surface area contributed by atoms with Crippen molar-refractivity contribution in [1.29, 1.82) is 0 Å². The van der Waals surface area contributed by atoms with Crippen LogP contribution in [0.2, 0.25) is 0 Å². The summed E-state index contributed by atoms with van der Waals surface area (Å²) in [5.41, 5.74) is 2.93. The Morgan fingerprint density at radius 2 is 1.70 bits per heavy atom. The number of anilines is 1. The fourth-order valence-electron chi connectivity index (χ4n) is 3.53. The fourth-order valence-corrected chi connectivity index (χ4v) is 3.53. The lowest BCUT2D eigenvalue weighted by Crippen LogP contribution is -2.20. The lowest BCUT2D eigenvalue weighted by atomic mass is 10.1. The van der Waals surface area contributed by atoms with E-state index in [9.17, 15) is 0 Å². The van der Waals surface area contributed by atoms with E-state index in [0.717, 1.165) is 40.9 Å². The van der Waals surface area contributed by atoms with E-state index >= 15 is 0 Å². The third-order valence-corrected chi connectivity index (χ3v) is 4.87. The summed E-state index contributed by atoms with van der Waals surface area (Å²) >= 11 is 0. The van der Waals surface area contributed by atoms with Crippen LogP contribution in [0, 0.1) is 6.92 Å². The quantitative estimate of drug-likeness (QED) is 0.546. The van der Waals surface area contributed by atoms with E-state index in [1.807, 2.05) is 49.4 Å². The van der Waals surface area contributed by atoms with Crippen LogP contribution in [0.4, 0.5) is 5.82 Å². The third-order valence-electron chi connectivity index (χ3n) is 4.87. The normalized spacial score (nSPS) is 14.2. The molecule has 0 radical (unpaired) electrons. The van der Waals surface area contributed by atoms with Crippen molar-refractivity contribution in [1.82, 2.24) is 20.2 Å². The largest absolute Gasteiger partial charge is 0.413 e. The van der Waals surface area contributed by atoms with Crippen LogP contribution >= 0.6 is 0 Å². The molecule has 1 fully saturated rings. The van der Waals surface area contributed by atoms with Crippen LogP contribution in [-0.4, -0.2) is 33.3 Å². The minimum atomic E-state index is 0.345. The molecule has 2 aromatic carbocycles. The van der Waals surface area contributed by atoms with Gasteiger partial charge in [-0.2, -0.15) is 0 Å². The van der Waals surface area contributed by atoms with Crippen molar-refractivity contribution in [3.8, 4) is 23.2 Å². The molecule has 0 aliphatic carbocycles. The van der Waals surface area contributed by atoms with Gasteiger partial charge in [0.05, 0.1) is 5.52 Å². The molecule has 0 bridgehead atoms. The first kappa shape index (κ1) is 15.9. The zero-order valence-corrected chi connectivity index (χ0v) is 15.1. The Morgan fingerprint density at radius 3 is 2.56 bits per heavy atom. The lowest BCUT2D eigenvalue weighted by Gasteiger charge is -2.18. The average molecular weight is 357 g/mol. The number of aryl methyl sites for hydroxylation is 1. The Morgan fingerprint density at radius 1 is 0.889 bits per heavy atom. The van der Waals surface area contributed by atoms with Crippen LogP contribution in [0.25, 0.3) is 34.1 Å². The number of fused-ring (bicyclic) bond motifs is 1. The Kier molecular flexibility index (Phi) is 3.81. The highest BCUT2D eigenvalue weighted by molar-refractivity contribution is 5.90. The number of hydrogen-bond acceptors (Lipinski definition) is 6. The van der Waals surface area contributed by atoms with Gasteiger partial charge in [0.1, 0.15) is 5.82 Å².